The summed E-state index contributed by atoms with van der Waals surface area (Å²) in [6.07, 6.45) is -4.99. The Morgan fingerprint density at radius 1 is 0.919 bits per heavy atom. The van der Waals surface area contributed by atoms with E-state index >= 15 is 0 Å². The number of methoxy groups -OCH3 is 1. The van der Waals surface area contributed by atoms with Crippen LogP contribution in [0.3, 0.4) is 0 Å². The van der Waals surface area contributed by atoms with Crippen LogP contribution < -0.4 is 5.32 Å². The molecule has 0 bridgehead atoms. The molecule has 0 saturated carbocycles. The quantitative estimate of drug-likeness (QED) is 0.372. The van der Waals surface area contributed by atoms with Gasteiger partial charge in [-0.15, -0.1) is 0 Å². The molecular formula is C25H29NO10S. The SMILES string of the molecule is CO[C@@H]1O[C@H](COS(=O)(=O)c2ccc(C)cc2)[C@H](OC(C)=O)[C@@H](NC(=O)c2ccccc2)[C@H]1OC(C)=O. The van der Waals surface area contributed by atoms with Gasteiger partial charge in [-0.1, -0.05) is 35.9 Å². The number of esters is 2. The minimum Gasteiger partial charge on any atom is -0.457 e. The second kappa shape index (κ2) is 12.3. The lowest BCUT2D eigenvalue weighted by molar-refractivity contribution is -0.276. The van der Waals surface area contributed by atoms with E-state index in [0.717, 1.165) is 19.4 Å². The van der Waals surface area contributed by atoms with E-state index in [0.29, 0.717) is 5.56 Å². The van der Waals surface area contributed by atoms with Crippen molar-refractivity contribution in [3.8, 4) is 0 Å². The maximum atomic E-state index is 13.0. The maximum Gasteiger partial charge on any atom is 0.303 e. The van der Waals surface area contributed by atoms with Crippen LogP contribution in [0.25, 0.3) is 0 Å². The van der Waals surface area contributed by atoms with Crippen molar-refractivity contribution in [1.29, 1.82) is 0 Å². The highest BCUT2D eigenvalue weighted by Gasteiger charge is 2.51. The Bertz CT molecular complexity index is 1200. The van der Waals surface area contributed by atoms with Crippen LogP contribution in [-0.4, -0.2) is 70.6 Å². The number of amides is 1. The van der Waals surface area contributed by atoms with Crippen molar-refractivity contribution in [1.82, 2.24) is 5.32 Å². The molecule has 37 heavy (non-hydrogen) atoms. The molecule has 1 fully saturated rings. The van der Waals surface area contributed by atoms with Crippen molar-refractivity contribution < 1.29 is 45.9 Å². The van der Waals surface area contributed by atoms with Gasteiger partial charge in [-0.3, -0.25) is 18.6 Å². The molecular weight excluding hydrogens is 506 g/mol. The van der Waals surface area contributed by atoms with Gasteiger partial charge >= 0.3 is 11.9 Å². The Balaban J connectivity index is 1.93. The van der Waals surface area contributed by atoms with Crippen molar-refractivity contribution >= 4 is 28.0 Å². The molecule has 1 amide bonds. The first-order valence-electron chi connectivity index (χ1n) is 11.4. The Morgan fingerprint density at radius 3 is 2.08 bits per heavy atom. The number of carbonyl (C=O) groups is 3. The number of rotatable bonds is 9. The van der Waals surface area contributed by atoms with E-state index in [-0.39, 0.29) is 4.90 Å². The molecule has 12 heteroatoms. The summed E-state index contributed by atoms with van der Waals surface area (Å²) in [5.74, 6) is -1.99. The van der Waals surface area contributed by atoms with E-state index in [4.69, 9.17) is 23.1 Å². The average Bonchev–Trinajstić information content (AvgIpc) is 2.85. The fourth-order valence-corrected chi connectivity index (χ4v) is 4.74. The number of nitrogens with one attached hydrogen (secondary N) is 1. The first-order valence-corrected chi connectivity index (χ1v) is 12.8. The van der Waals surface area contributed by atoms with Gasteiger partial charge in [0.1, 0.15) is 12.1 Å². The molecule has 0 aromatic heterocycles. The standard InChI is InChI=1S/C25H29NO10S/c1-15-10-12-19(13-11-15)37(30,31)33-14-20-22(34-16(2)27)21(23(35-17(3)28)25(32-4)36-20)26-24(29)18-8-6-5-7-9-18/h5-13,20-23,25H,14H2,1-4H3,(H,26,29)/t20-,21-,22+,23-,25-/m1/s1. The molecule has 0 aliphatic carbocycles. The zero-order valence-corrected chi connectivity index (χ0v) is 21.6. The van der Waals surface area contributed by atoms with Gasteiger partial charge in [0.15, 0.2) is 18.5 Å². The first kappa shape index (κ1) is 28.3. The normalized spacial score (nSPS) is 23.6. The minimum atomic E-state index is -4.20. The molecule has 1 saturated heterocycles. The molecule has 200 valence electrons. The summed E-state index contributed by atoms with van der Waals surface area (Å²) >= 11 is 0. The van der Waals surface area contributed by atoms with Crippen LogP contribution in [0, 0.1) is 6.92 Å². The number of benzene rings is 2. The van der Waals surface area contributed by atoms with E-state index in [1.807, 2.05) is 6.92 Å². The molecule has 5 atom stereocenters. The molecule has 1 heterocycles. The summed E-state index contributed by atoms with van der Waals surface area (Å²) in [5, 5.41) is 2.72. The van der Waals surface area contributed by atoms with Gasteiger partial charge in [-0.05, 0) is 31.2 Å². The zero-order chi connectivity index (χ0) is 27.2. The predicted molar refractivity (Wildman–Crippen MR) is 129 cm³/mol. The van der Waals surface area contributed by atoms with Gasteiger partial charge in [0.05, 0.1) is 11.5 Å². The van der Waals surface area contributed by atoms with Crippen LogP contribution in [0.1, 0.15) is 29.8 Å². The monoisotopic (exact) mass is 535 g/mol. The fourth-order valence-electron chi connectivity index (χ4n) is 3.82. The molecule has 1 aliphatic heterocycles. The molecule has 1 aliphatic rings. The van der Waals surface area contributed by atoms with Crippen LogP contribution in [0.2, 0.25) is 0 Å². The Morgan fingerprint density at radius 2 is 1.51 bits per heavy atom. The summed E-state index contributed by atoms with van der Waals surface area (Å²) in [6.45, 7) is 3.52. The lowest BCUT2D eigenvalue weighted by Gasteiger charge is -2.44. The Labute approximate surface area is 215 Å². The number of hydrogen-bond donors (Lipinski definition) is 1. The topological polar surface area (TPSA) is 144 Å². The van der Waals surface area contributed by atoms with Gasteiger partial charge in [0.2, 0.25) is 0 Å². The van der Waals surface area contributed by atoms with Crippen molar-refractivity contribution in [3.05, 3.63) is 65.7 Å². The number of aryl methyl sites for hydroxylation is 1. The summed E-state index contributed by atoms with van der Waals surface area (Å²) in [7, 11) is -2.92. The number of carbonyl (C=O) groups excluding carboxylic acids is 3. The van der Waals surface area contributed by atoms with E-state index in [9.17, 15) is 22.8 Å². The Kier molecular flexibility index (Phi) is 9.38. The average molecular weight is 536 g/mol. The molecule has 11 nitrogen and oxygen atoms in total. The van der Waals surface area contributed by atoms with Crippen LogP contribution in [-0.2, 0) is 42.8 Å². The highest BCUT2D eigenvalue weighted by atomic mass is 32.2. The van der Waals surface area contributed by atoms with E-state index in [1.165, 1.54) is 19.2 Å². The van der Waals surface area contributed by atoms with Crippen molar-refractivity contribution in [2.45, 2.75) is 56.3 Å². The smallest absolute Gasteiger partial charge is 0.303 e. The second-order valence-electron chi connectivity index (χ2n) is 8.34. The first-order chi connectivity index (χ1) is 17.5. The van der Waals surface area contributed by atoms with Gasteiger partial charge in [-0.25, -0.2) is 0 Å². The second-order valence-corrected chi connectivity index (χ2v) is 9.96. The minimum absolute atomic E-state index is 0.0760. The molecule has 2 aromatic rings. The molecule has 3 rings (SSSR count). The molecule has 2 aromatic carbocycles. The zero-order valence-electron chi connectivity index (χ0n) is 20.8. The summed E-state index contributed by atoms with van der Waals surface area (Å²) in [4.78, 5) is 36.8. The van der Waals surface area contributed by atoms with Crippen LogP contribution >= 0.6 is 0 Å². The lowest BCUT2D eigenvalue weighted by Crippen LogP contribution is -2.67. The fraction of sp³-hybridized carbons (Fsp3) is 0.400. The van der Waals surface area contributed by atoms with Gasteiger partial charge < -0.3 is 24.3 Å². The molecule has 0 spiro atoms. The van der Waals surface area contributed by atoms with E-state index in [2.05, 4.69) is 5.32 Å². The van der Waals surface area contributed by atoms with Crippen LogP contribution in [0.5, 0.6) is 0 Å². The molecule has 1 N–H and O–H groups in total. The molecule has 0 unspecified atom stereocenters. The highest BCUT2D eigenvalue weighted by molar-refractivity contribution is 7.86. The van der Waals surface area contributed by atoms with Crippen LogP contribution in [0.15, 0.2) is 59.5 Å². The Hall–Kier alpha value is -3.32. The van der Waals surface area contributed by atoms with E-state index < -0.39 is 65.2 Å². The maximum absolute atomic E-state index is 13.0. The summed E-state index contributed by atoms with van der Waals surface area (Å²) < 4.78 is 52.7. The summed E-state index contributed by atoms with van der Waals surface area (Å²) in [5.41, 5.74) is 1.15. The third-order valence-corrected chi connectivity index (χ3v) is 6.81. The predicted octanol–water partition coefficient (Wildman–Crippen LogP) is 1.73. The number of ether oxygens (including phenoxy) is 4. The molecule has 0 radical (unpaired) electrons. The van der Waals surface area contributed by atoms with Gasteiger partial charge in [0, 0.05) is 26.5 Å². The largest absolute Gasteiger partial charge is 0.457 e. The summed E-state index contributed by atoms with van der Waals surface area (Å²) in [6, 6.07) is 13.1. The van der Waals surface area contributed by atoms with E-state index in [1.54, 1.807) is 42.5 Å². The third-order valence-electron chi connectivity index (χ3n) is 5.52. The van der Waals surface area contributed by atoms with Gasteiger partial charge in [0.25, 0.3) is 16.0 Å². The number of hydrogen-bond acceptors (Lipinski definition) is 10. The van der Waals surface area contributed by atoms with Crippen molar-refractivity contribution in [3.63, 3.8) is 0 Å². The van der Waals surface area contributed by atoms with Gasteiger partial charge in [-0.2, -0.15) is 8.42 Å². The highest BCUT2D eigenvalue weighted by Crippen LogP contribution is 2.28. The third kappa shape index (κ3) is 7.35. The van der Waals surface area contributed by atoms with Crippen LogP contribution in [0.4, 0.5) is 0 Å². The van der Waals surface area contributed by atoms with Crippen molar-refractivity contribution in [2.75, 3.05) is 13.7 Å². The van der Waals surface area contributed by atoms with Crippen molar-refractivity contribution in [2.24, 2.45) is 0 Å². The lowest BCUT2D eigenvalue weighted by atomic mass is 9.95.